The molecule has 0 radical (unpaired) electrons. The first-order chi connectivity index (χ1) is 12.0. The van der Waals surface area contributed by atoms with E-state index in [2.05, 4.69) is 4.98 Å². The largest absolute Gasteiger partial charge is 0.466 e. The van der Waals surface area contributed by atoms with Crippen LogP contribution in [0, 0.1) is 13.8 Å². The fraction of sp³-hybridized carbons (Fsp3) is 0.400. The van der Waals surface area contributed by atoms with Gasteiger partial charge >= 0.3 is 11.9 Å². The summed E-state index contributed by atoms with van der Waals surface area (Å²) in [4.78, 5) is 26.9. The van der Waals surface area contributed by atoms with Crippen molar-refractivity contribution in [1.82, 2.24) is 4.98 Å². The number of aryl methyl sites for hydroxylation is 1. The van der Waals surface area contributed by atoms with Crippen molar-refractivity contribution in [2.45, 2.75) is 46.6 Å². The van der Waals surface area contributed by atoms with Gasteiger partial charge in [0.15, 0.2) is 0 Å². The zero-order valence-electron chi connectivity index (χ0n) is 15.1. The zero-order valence-corrected chi connectivity index (χ0v) is 15.1. The molecule has 25 heavy (non-hydrogen) atoms. The lowest BCUT2D eigenvalue weighted by Gasteiger charge is -2.05. The molecule has 0 fully saturated rings. The van der Waals surface area contributed by atoms with Crippen LogP contribution in [0.2, 0.25) is 0 Å². The lowest BCUT2D eigenvalue weighted by Crippen LogP contribution is -2.07. The second-order valence-electron chi connectivity index (χ2n) is 5.95. The summed E-state index contributed by atoms with van der Waals surface area (Å²) < 4.78 is 10.3. The number of benzene rings is 1. The fourth-order valence-electron chi connectivity index (χ4n) is 2.81. The minimum absolute atomic E-state index is 0.184. The third kappa shape index (κ3) is 5.21. The van der Waals surface area contributed by atoms with Crippen molar-refractivity contribution in [3.05, 3.63) is 58.4 Å². The molecular formula is C20H25NO4. The van der Waals surface area contributed by atoms with E-state index >= 15 is 0 Å². The minimum Gasteiger partial charge on any atom is -0.466 e. The molecule has 1 aromatic carbocycles. The number of esters is 2. The normalized spacial score (nSPS) is 10.5. The van der Waals surface area contributed by atoms with Crippen LogP contribution in [0.25, 0.3) is 0 Å². The first kappa shape index (κ1) is 18.8. The van der Waals surface area contributed by atoms with Gasteiger partial charge in [0, 0.05) is 12.1 Å². The van der Waals surface area contributed by atoms with Gasteiger partial charge in [0.1, 0.15) is 12.3 Å². The second-order valence-corrected chi connectivity index (χ2v) is 5.95. The Morgan fingerprint density at radius 1 is 1.08 bits per heavy atom. The van der Waals surface area contributed by atoms with E-state index in [0.29, 0.717) is 25.1 Å². The highest BCUT2D eigenvalue weighted by atomic mass is 16.5. The van der Waals surface area contributed by atoms with Gasteiger partial charge in [-0.25, -0.2) is 4.79 Å². The van der Waals surface area contributed by atoms with Crippen molar-refractivity contribution >= 4 is 11.9 Å². The topological polar surface area (TPSA) is 68.4 Å². The molecule has 0 unspecified atom stereocenters. The van der Waals surface area contributed by atoms with Crippen molar-refractivity contribution in [2.75, 3.05) is 6.61 Å². The third-order valence-corrected chi connectivity index (χ3v) is 4.12. The van der Waals surface area contributed by atoms with Crippen LogP contribution in [-0.4, -0.2) is 23.5 Å². The highest BCUT2D eigenvalue weighted by Crippen LogP contribution is 2.21. The van der Waals surface area contributed by atoms with Crippen LogP contribution in [0.4, 0.5) is 0 Å². The molecule has 5 nitrogen and oxygen atoms in total. The molecule has 0 amide bonds. The zero-order chi connectivity index (χ0) is 18.2. The van der Waals surface area contributed by atoms with Crippen molar-refractivity contribution in [2.24, 2.45) is 0 Å². The molecule has 2 rings (SSSR count). The number of nitrogens with one attached hydrogen (secondary N) is 1. The average Bonchev–Trinajstić information content (AvgIpc) is 2.89. The molecule has 0 saturated heterocycles. The van der Waals surface area contributed by atoms with Gasteiger partial charge in [0.05, 0.1) is 6.61 Å². The van der Waals surface area contributed by atoms with Crippen molar-refractivity contribution < 1.29 is 19.1 Å². The van der Waals surface area contributed by atoms with Gasteiger partial charge in [-0.1, -0.05) is 30.3 Å². The predicted molar refractivity (Wildman–Crippen MR) is 95.4 cm³/mol. The van der Waals surface area contributed by atoms with E-state index in [4.69, 9.17) is 9.47 Å². The van der Waals surface area contributed by atoms with Crippen LogP contribution < -0.4 is 0 Å². The number of H-pyrrole nitrogens is 1. The van der Waals surface area contributed by atoms with Crippen LogP contribution in [-0.2, 0) is 27.3 Å². The molecule has 1 heterocycles. The van der Waals surface area contributed by atoms with E-state index in [1.165, 1.54) is 0 Å². The molecular weight excluding hydrogens is 318 g/mol. The Morgan fingerprint density at radius 2 is 1.80 bits per heavy atom. The molecule has 1 N–H and O–H groups in total. The number of aromatic nitrogens is 1. The van der Waals surface area contributed by atoms with E-state index in [1.54, 1.807) is 6.92 Å². The van der Waals surface area contributed by atoms with Gasteiger partial charge < -0.3 is 14.5 Å². The van der Waals surface area contributed by atoms with Crippen molar-refractivity contribution in [3.63, 3.8) is 0 Å². The fourth-order valence-corrected chi connectivity index (χ4v) is 2.81. The Bertz CT molecular complexity index is 719. The molecule has 0 spiro atoms. The molecule has 1 aromatic heterocycles. The third-order valence-electron chi connectivity index (χ3n) is 4.12. The van der Waals surface area contributed by atoms with Crippen LogP contribution in [0.3, 0.4) is 0 Å². The Balaban J connectivity index is 1.95. The highest BCUT2D eigenvalue weighted by Gasteiger charge is 2.18. The van der Waals surface area contributed by atoms with Gasteiger partial charge in [0.2, 0.25) is 0 Å². The quantitative estimate of drug-likeness (QED) is 0.739. The first-order valence-electron chi connectivity index (χ1n) is 8.57. The van der Waals surface area contributed by atoms with E-state index in [9.17, 15) is 9.59 Å². The van der Waals surface area contributed by atoms with Crippen LogP contribution >= 0.6 is 0 Å². The van der Waals surface area contributed by atoms with Crippen LogP contribution in [0.1, 0.15) is 52.6 Å². The van der Waals surface area contributed by atoms with E-state index < -0.39 is 0 Å². The molecule has 2 aromatic rings. The lowest BCUT2D eigenvalue weighted by molar-refractivity contribution is -0.143. The average molecular weight is 343 g/mol. The molecule has 0 aliphatic carbocycles. The molecule has 0 bridgehead atoms. The number of rotatable bonds is 8. The predicted octanol–water partition coefficient (Wildman–Crippen LogP) is 3.87. The lowest BCUT2D eigenvalue weighted by atomic mass is 10.0. The summed E-state index contributed by atoms with van der Waals surface area (Å²) in [7, 11) is 0. The number of hydrogen-bond donors (Lipinski definition) is 1. The summed E-state index contributed by atoms with van der Waals surface area (Å²) in [5, 5.41) is 0. The van der Waals surface area contributed by atoms with Crippen molar-refractivity contribution in [3.8, 4) is 0 Å². The van der Waals surface area contributed by atoms with Gasteiger partial charge in [-0.15, -0.1) is 0 Å². The Labute approximate surface area is 148 Å². The molecule has 0 aliphatic heterocycles. The summed E-state index contributed by atoms with van der Waals surface area (Å²) in [6, 6.07) is 9.58. The Hall–Kier alpha value is -2.56. The monoisotopic (exact) mass is 343 g/mol. The van der Waals surface area contributed by atoms with Crippen LogP contribution in [0.15, 0.2) is 30.3 Å². The van der Waals surface area contributed by atoms with Crippen molar-refractivity contribution in [1.29, 1.82) is 0 Å². The number of hydrogen-bond acceptors (Lipinski definition) is 4. The number of carbonyl (C=O) groups excluding carboxylic acids is 2. The SMILES string of the molecule is CCOC(=O)CCCc1c(C)[nH]c(C(=O)OCc2ccccc2)c1C. The van der Waals surface area contributed by atoms with E-state index in [-0.39, 0.29) is 18.5 Å². The first-order valence-corrected chi connectivity index (χ1v) is 8.57. The van der Waals surface area contributed by atoms with Gasteiger partial charge in [0.25, 0.3) is 0 Å². The maximum absolute atomic E-state index is 12.3. The number of ether oxygens (including phenoxy) is 2. The highest BCUT2D eigenvalue weighted by molar-refractivity contribution is 5.89. The molecule has 0 aliphatic rings. The number of carbonyl (C=O) groups is 2. The summed E-state index contributed by atoms with van der Waals surface area (Å²) in [5.74, 6) is -0.545. The Kier molecular flexibility index (Phi) is 6.81. The molecule has 0 saturated carbocycles. The summed E-state index contributed by atoms with van der Waals surface area (Å²) >= 11 is 0. The summed E-state index contributed by atoms with van der Waals surface area (Å²) in [5.41, 5.74) is 4.33. The molecule has 0 atom stereocenters. The van der Waals surface area contributed by atoms with E-state index in [0.717, 1.165) is 28.8 Å². The van der Waals surface area contributed by atoms with Crippen LogP contribution in [0.5, 0.6) is 0 Å². The van der Waals surface area contributed by atoms with Gasteiger partial charge in [-0.3, -0.25) is 4.79 Å². The van der Waals surface area contributed by atoms with Gasteiger partial charge in [-0.05, 0) is 50.3 Å². The Morgan fingerprint density at radius 3 is 2.48 bits per heavy atom. The number of aromatic amines is 1. The minimum atomic E-state index is -0.360. The summed E-state index contributed by atoms with van der Waals surface area (Å²) in [6.45, 7) is 6.28. The van der Waals surface area contributed by atoms with Gasteiger partial charge in [-0.2, -0.15) is 0 Å². The second kappa shape index (κ2) is 9.06. The molecule has 134 valence electrons. The maximum Gasteiger partial charge on any atom is 0.355 e. The smallest absolute Gasteiger partial charge is 0.355 e. The molecule has 5 heteroatoms. The standard InChI is InChI=1S/C20H25NO4/c1-4-24-18(22)12-8-11-17-14(2)19(21-15(17)3)20(23)25-13-16-9-6-5-7-10-16/h5-7,9-10,21H,4,8,11-13H2,1-3H3. The van der Waals surface area contributed by atoms with E-state index in [1.807, 2.05) is 44.2 Å². The maximum atomic E-state index is 12.3. The summed E-state index contributed by atoms with van der Waals surface area (Å²) in [6.07, 6.45) is 1.79.